The van der Waals surface area contributed by atoms with Gasteiger partial charge in [-0.05, 0) is 38.1 Å². The maximum Gasteiger partial charge on any atom is 0.237 e. The molecule has 4 rings (SSSR count). The number of azo groups is 2. The van der Waals surface area contributed by atoms with Gasteiger partial charge in [-0.2, -0.15) is 5.10 Å². The Labute approximate surface area is 250 Å². The van der Waals surface area contributed by atoms with Gasteiger partial charge in [0.2, 0.25) is 5.88 Å². The average Bonchev–Trinajstić information content (AvgIpc) is 3.24. The molecule has 2 heterocycles. The zero-order valence-corrected chi connectivity index (χ0v) is 24.9. The van der Waals surface area contributed by atoms with Crippen molar-refractivity contribution >= 4 is 22.7 Å². The largest absolute Gasteiger partial charge is 0.543 e. The molecule has 0 saturated heterocycles. The number of nitrogens with zero attached hydrogens (tertiary/aromatic N) is 8. The van der Waals surface area contributed by atoms with Crippen molar-refractivity contribution in [3.8, 4) is 23.3 Å². The molecule has 0 aliphatic heterocycles. The summed E-state index contributed by atoms with van der Waals surface area (Å²) in [5, 5.41) is 64.3. The second kappa shape index (κ2) is 16.4. The summed E-state index contributed by atoms with van der Waals surface area (Å²) in [5.41, 5.74) is 2.23. The minimum Gasteiger partial charge on any atom is -0.543 e. The van der Waals surface area contributed by atoms with Crippen molar-refractivity contribution in [1.29, 1.82) is 0 Å². The number of hydrogen-bond acceptors (Lipinski definition) is 10. The number of benzene rings is 2. The SMILES string of the molecule is Cc1n[n-]c(O)c1N=Nc1ccccc1O.Cc1nn(C)c(O)c1N=Nc1ccccc1O.[CH3+].[CH3+].[Fe].[Y]. The van der Waals surface area contributed by atoms with Crippen molar-refractivity contribution in [1.82, 2.24) is 20.0 Å². The molecule has 14 heteroatoms. The number of hydrogen-bond donors (Lipinski definition) is 4. The van der Waals surface area contributed by atoms with E-state index in [0.29, 0.717) is 28.5 Å². The quantitative estimate of drug-likeness (QED) is 0.129. The van der Waals surface area contributed by atoms with Gasteiger partial charge in [-0.1, -0.05) is 24.3 Å². The van der Waals surface area contributed by atoms with Crippen LogP contribution in [0.25, 0.3) is 0 Å². The van der Waals surface area contributed by atoms with Gasteiger partial charge >= 0.3 is 0 Å². The van der Waals surface area contributed by atoms with E-state index in [1.807, 2.05) is 0 Å². The first kappa shape index (κ1) is 35.8. The van der Waals surface area contributed by atoms with Crippen LogP contribution in [0.4, 0.5) is 22.7 Å². The van der Waals surface area contributed by atoms with Gasteiger partial charge in [0.25, 0.3) is 0 Å². The third kappa shape index (κ3) is 9.21. The molecule has 0 saturated carbocycles. The summed E-state index contributed by atoms with van der Waals surface area (Å²) in [6.45, 7) is 3.38. The van der Waals surface area contributed by atoms with E-state index in [-0.39, 0.29) is 93.6 Å². The predicted molar refractivity (Wildman–Crippen MR) is 131 cm³/mol. The summed E-state index contributed by atoms with van der Waals surface area (Å²) in [5.74, 6) is -0.258. The minimum absolute atomic E-state index is 0. The average molecular weight is 624 g/mol. The van der Waals surface area contributed by atoms with E-state index < -0.39 is 0 Å². The molecule has 0 atom stereocenters. The van der Waals surface area contributed by atoms with Gasteiger partial charge < -0.3 is 30.6 Å². The van der Waals surface area contributed by atoms with Crippen LogP contribution in [0.3, 0.4) is 0 Å². The number of para-hydroxylation sites is 2. The molecule has 37 heavy (non-hydrogen) atoms. The van der Waals surface area contributed by atoms with E-state index in [9.17, 15) is 20.4 Å². The van der Waals surface area contributed by atoms with E-state index in [0.717, 1.165) is 0 Å². The molecule has 0 spiro atoms. The van der Waals surface area contributed by atoms with Gasteiger partial charge in [0.05, 0.1) is 11.6 Å². The molecule has 12 nitrogen and oxygen atoms in total. The fourth-order valence-electron chi connectivity index (χ4n) is 2.55. The number of phenolic OH excluding ortho intramolecular Hbond substituents is 2. The number of aryl methyl sites for hydroxylation is 3. The predicted octanol–water partition coefficient (Wildman–Crippen LogP) is 5.62. The van der Waals surface area contributed by atoms with E-state index in [1.54, 1.807) is 57.3 Å². The van der Waals surface area contributed by atoms with Crippen LogP contribution >= 0.6 is 0 Å². The van der Waals surface area contributed by atoms with Crippen molar-refractivity contribution in [2.45, 2.75) is 13.8 Å². The third-order valence-corrected chi connectivity index (χ3v) is 4.29. The summed E-state index contributed by atoms with van der Waals surface area (Å²) in [6.07, 6.45) is 0. The van der Waals surface area contributed by atoms with Gasteiger partial charge in [-0.3, -0.25) is 0 Å². The zero-order chi connectivity index (χ0) is 24.0. The third-order valence-electron chi connectivity index (χ3n) is 4.29. The van der Waals surface area contributed by atoms with E-state index in [1.165, 1.54) is 16.8 Å². The Hall–Kier alpha value is -3.38. The maximum atomic E-state index is 9.65. The fraction of sp³-hybridized carbons (Fsp3) is 0.130. The summed E-state index contributed by atoms with van der Waals surface area (Å²) >= 11 is 0. The monoisotopic (exact) mass is 624 g/mol. The molecular weight excluding hydrogens is 597 g/mol. The molecule has 2 aromatic carbocycles. The summed E-state index contributed by atoms with van der Waals surface area (Å²) in [7, 11) is 1.61. The van der Waals surface area contributed by atoms with Crippen LogP contribution in [0.5, 0.6) is 23.3 Å². The second-order valence-electron chi connectivity index (χ2n) is 6.72. The van der Waals surface area contributed by atoms with Crippen LogP contribution in [0.1, 0.15) is 11.4 Å². The molecule has 0 unspecified atom stereocenters. The molecule has 1 radical (unpaired) electrons. The van der Waals surface area contributed by atoms with Crippen LogP contribution in [0, 0.1) is 28.7 Å². The van der Waals surface area contributed by atoms with Crippen molar-refractivity contribution < 1.29 is 70.2 Å². The van der Waals surface area contributed by atoms with E-state index >= 15 is 0 Å². The Morgan fingerprint density at radius 1 is 0.730 bits per heavy atom. The van der Waals surface area contributed by atoms with Crippen molar-refractivity contribution in [2.75, 3.05) is 0 Å². The maximum absolute atomic E-state index is 9.65. The minimum atomic E-state index is -0.267. The summed E-state index contributed by atoms with van der Waals surface area (Å²) in [6, 6.07) is 13.1. The Balaban J connectivity index is 0. The molecule has 4 N–H and O–H groups in total. The first-order valence-electron chi connectivity index (χ1n) is 9.59. The smallest absolute Gasteiger partial charge is 0.237 e. The number of phenols is 2. The Bertz CT molecular complexity index is 1300. The van der Waals surface area contributed by atoms with Gasteiger partial charge in [-0.15, -0.1) is 20.5 Å². The first-order chi connectivity index (χ1) is 15.8. The van der Waals surface area contributed by atoms with Crippen molar-refractivity contribution in [3.63, 3.8) is 0 Å². The first-order valence-corrected chi connectivity index (χ1v) is 9.59. The number of rotatable bonds is 4. The number of aromatic nitrogens is 4. The topological polar surface area (TPSA) is 175 Å². The molecule has 0 amide bonds. The molecule has 4 aromatic rings. The Morgan fingerprint density at radius 2 is 1.19 bits per heavy atom. The Kier molecular flexibility index (Phi) is 15.8. The molecule has 0 aliphatic carbocycles. The number of aromatic hydroxyl groups is 4. The van der Waals surface area contributed by atoms with Crippen molar-refractivity contribution in [3.05, 3.63) is 74.8 Å². The fourth-order valence-corrected chi connectivity index (χ4v) is 2.55. The van der Waals surface area contributed by atoms with Gasteiger partial charge in [0.1, 0.15) is 28.6 Å². The molecule has 0 bridgehead atoms. The van der Waals surface area contributed by atoms with Crippen LogP contribution < -0.4 is 5.10 Å². The molecule has 193 valence electrons. The van der Waals surface area contributed by atoms with Crippen LogP contribution in [-0.2, 0) is 56.8 Å². The molecule has 2 aromatic heterocycles. The van der Waals surface area contributed by atoms with Gasteiger partial charge in [0.15, 0.2) is 5.69 Å². The van der Waals surface area contributed by atoms with Gasteiger partial charge in [-0.25, -0.2) is 4.68 Å². The Morgan fingerprint density at radius 3 is 1.57 bits per heavy atom. The summed E-state index contributed by atoms with van der Waals surface area (Å²) in [4.78, 5) is 0. The molecule has 0 aliphatic rings. The van der Waals surface area contributed by atoms with Crippen molar-refractivity contribution in [2.24, 2.45) is 27.5 Å². The van der Waals surface area contributed by atoms with Gasteiger partial charge in [0, 0.05) is 77.4 Å². The molecule has 0 fully saturated rings. The standard InChI is InChI=1S/C11H12N4O2.C10H9N4O2.2CH3.Fe.Y/c1-7-10(11(17)15(2)14-7)13-12-8-5-3-4-6-9(8)16;1-6-9(10(16)14-11-6)13-12-7-4-2-3-5-8(7)15;;;;/h3-6,16-17H,1-2H3;2-5H,1H3,(H2-,11,12,13,14,15,16);2*1H3;;/q;-1;2*+1;;. The molecular formula is C23H27FeN8O4Y+. The normalized spacial score (nSPS) is 9.92. The zero-order valence-electron chi connectivity index (χ0n) is 20.9. The van der Waals surface area contributed by atoms with Crippen LogP contribution in [0.15, 0.2) is 69.0 Å². The van der Waals surface area contributed by atoms with Crippen LogP contribution in [0.2, 0.25) is 0 Å². The second-order valence-corrected chi connectivity index (χ2v) is 6.72. The van der Waals surface area contributed by atoms with Crippen LogP contribution in [-0.4, -0.2) is 35.3 Å². The van der Waals surface area contributed by atoms with E-state index in [4.69, 9.17) is 0 Å². The van der Waals surface area contributed by atoms with E-state index in [2.05, 4.69) is 35.8 Å². The summed E-state index contributed by atoms with van der Waals surface area (Å²) < 4.78 is 1.31.